The van der Waals surface area contributed by atoms with Crippen molar-refractivity contribution in [1.29, 1.82) is 0 Å². The van der Waals surface area contributed by atoms with E-state index in [0.717, 1.165) is 21.5 Å². The highest BCUT2D eigenvalue weighted by Gasteiger charge is 2.04. The maximum atomic E-state index is 11.9. The van der Waals surface area contributed by atoms with Crippen LogP contribution in [0.5, 0.6) is 5.75 Å². The Morgan fingerprint density at radius 3 is 2.19 bits per heavy atom. The van der Waals surface area contributed by atoms with E-state index in [4.69, 9.17) is 4.74 Å². The minimum atomic E-state index is -0.240. The fourth-order valence-corrected chi connectivity index (χ4v) is 1.96. The van der Waals surface area contributed by atoms with Gasteiger partial charge in [-0.25, -0.2) is 5.43 Å². The quantitative estimate of drug-likeness (QED) is 0.679. The smallest absolute Gasteiger partial charge is 0.271 e. The zero-order valence-electron chi connectivity index (χ0n) is 11.8. The summed E-state index contributed by atoms with van der Waals surface area (Å²) in [6.45, 7) is 1.84. The monoisotopic (exact) mass is 346 g/mol. The molecule has 0 radical (unpaired) electrons. The Hall–Kier alpha value is -2.14. The van der Waals surface area contributed by atoms with Crippen LogP contribution < -0.4 is 10.2 Å². The molecule has 0 fully saturated rings. The van der Waals surface area contributed by atoms with Crippen molar-refractivity contribution >= 4 is 27.5 Å². The Labute approximate surface area is 132 Å². The molecule has 0 heterocycles. The average molecular weight is 347 g/mol. The molecule has 108 valence electrons. The van der Waals surface area contributed by atoms with Gasteiger partial charge in [0, 0.05) is 10.0 Å². The van der Waals surface area contributed by atoms with E-state index in [2.05, 4.69) is 26.5 Å². The fraction of sp³-hybridized carbons (Fsp3) is 0.125. The zero-order chi connectivity index (χ0) is 15.2. The van der Waals surface area contributed by atoms with Crippen molar-refractivity contribution in [2.75, 3.05) is 7.11 Å². The molecular weight excluding hydrogens is 332 g/mol. The normalized spacial score (nSPS) is 11.1. The number of nitrogens with one attached hydrogen (secondary N) is 1. The summed E-state index contributed by atoms with van der Waals surface area (Å²) in [6, 6.07) is 14.6. The van der Waals surface area contributed by atoms with Gasteiger partial charge in [0.15, 0.2) is 0 Å². The molecule has 0 aliphatic heterocycles. The van der Waals surface area contributed by atoms with Crippen LogP contribution in [-0.4, -0.2) is 18.7 Å². The molecule has 5 heteroatoms. The van der Waals surface area contributed by atoms with Gasteiger partial charge in [0.05, 0.1) is 12.8 Å². The third kappa shape index (κ3) is 4.16. The number of nitrogens with zero attached hydrogens (tertiary/aromatic N) is 1. The number of ether oxygens (including phenoxy) is 1. The molecular formula is C16H15BrN2O2. The van der Waals surface area contributed by atoms with Crippen LogP contribution in [0.25, 0.3) is 0 Å². The van der Waals surface area contributed by atoms with E-state index in [1.807, 2.05) is 43.3 Å². The number of hydrogen-bond donors (Lipinski definition) is 1. The highest BCUT2D eigenvalue weighted by molar-refractivity contribution is 9.10. The molecule has 0 saturated carbocycles. The first-order valence-corrected chi connectivity index (χ1v) is 7.14. The molecule has 1 N–H and O–H groups in total. The molecule has 0 saturated heterocycles. The minimum Gasteiger partial charge on any atom is -0.497 e. The summed E-state index contributed by atoms with van der Waals surface area (Å²) in [5.41, 5.74) is 4.76. The fourth-order valence-electron chi connectivity index (χ4n) is 1.70. The van der Waals surface area contributed by atoms with Crippen molar-refractivity contribution in [3.05, 3.63) is 64.1 Å². The molecule has 1 amide bonds. The van der Waals surface area contributed by atoms with Crippen molar-refractivity contribution in [1.82, 2.24) is 5.43 Å². The molecule has 0 spiro atoms. The molecule has 0 unspecified atom stereocenters. The van der Waals surface area contributed by atoms with Gasteiger partial charge in [-0.15, -0.1) is 0 Å². The van der Waals surface area contributed by atoms with Gasteiger partial charge in [-0.1, -0.05) is 15.9 Å². The van der Waals surface area contributed by atoms with Crippen LogP contribution in [-0.2, 0) is 0 Å². The summed E-state index contributed by atoms with van der Waals surface area (Å²) in [5, 5.41) is 4.11. The van der Waals surface area contributed by atoms with Gasteiger partial charge in [-0.05, 0) is 61.0 Å². The third-order valence-electron chi connectivity index (χ3n) is 2.94. The number of hydrazone groups is 1. The summed E-state index contributed by atoms with van der Waals surface area (Å²) in [4.78, 5) is 11.9. The number of rotatable bonds is 4. The molecule has 2 rings (SSSR count). The van der Waals surface area contributed by atoms with E-state index in [-0.39, 0.29) is 5.91 Å². The first-order valence-electron chi connectivity index (χ1n) is 6.35. The molecule has 0 bridgehead atoms. The number of hydrogen-bond acceptors (Lipinski definition) is 3. The maximum absolute atomic E-state index is 11.9. The lowest BCUT2D eigenvalue weighted by Gasteiger charge is -2.04. The SMILES string of the molecule is COc1ccc(/C(C)=N\NC(=O)c2ccc(Br)cc2)cc1. The molecule has 0 aliphatic carbocycles. The second-order valence-corrected chi connectivity index (χ2v) is 5.29. The van der Waals surface area contributed by atoms with E-state index in [0.29, 0.717) is 5.56 Å². The van der Waals surface area contributed by atoms with E-state index >= 15 is 0 Å². The van der Waals surface area contributed by atoms with Crippen LogP contribution in [0.1, 0.15) is 22.8 Å². The first kappa shape index (κ1) is 15.3. The topological polar surface area (TPSA) is 50.7 Å². The van der Waals surface area contributed by atoms with Crippen LogP contribution in [0.3, 0.4) is 0 Å². The van der Waals surface area contributed by atoms with E-state index < -0.39 is 0 Å². The summed E-state index contributed by atoms with van der Waals surface area (Å²) < 4.78 is 6.03. The summed E-state index contributed by atoms with van der Waals surface area (Å²) in [7, 11) is 1.62. The van der Waals surface area contributed by atoms with Crippen LogP contribution in [0.4, 0.5) is 0 Å². The zero-order valence-corrected chi connectivity index (χ0v) is 13.3. The number of halogens is 1. The van der Waals surface area contributed by atoms with Crippen molar-refractivity contribution in [2.24, 2.45) is 5.10 Å². The standard InChI is InChI=1S/C16H15BrN2O2/c1-11(12-5-9-15(21-2)10-6-12)18-19-16(20)13-3-7-14(17)8-4-13/h3-10H,1-2H3,(H,19,20)/b18-11-. The van der Waals surface area contributed by atoms with Gasteiger partial charge in [-0.3, -0.25) is 4.79 Å². The van der Waals surface area contributed by atoms with Gasteiger partial charge in [0.25, 0.3) is 5.91 Å². The predicted octanol–water partition coefficient (Wildman–Crippen LogP) is 3.61. The van der Waals surface area contributed by atoms with Crippen molar-refractivity contribution in [3.8, 4) is 5.75 Å². The van der Waals surface area contributed by atoms with Gasteiger partial charge < -0.3 is 4.74 Å². The molecule has 0 atom stereocenters. The second kappa shape index (κ2) is 7.04. The van der Waals surface area contributed by atoms with Crippen LogP contribution in [0.15, 0.2) is 58.1 Å². The second-order valence-electron chi connectivity index (χ2n) is 4.37. The summed E-state index contributed by atoms with van der Waals surface area (Å²) in [6.07, 6.45) is 0. The molecule has 21 heavy (non-hydrogen) atoms. The van der Waals surface area contributed by atoms with Gasteiger partial charge >= 0.3 is 0 Å². The van der Waals surface area contributed by atoms with Crippen molar-refractivity contribution < 1.29 is 9.53 Å². The van der Waals surface area contributed by atoms with Gasteiger partial charge in [0.2, 0.25) is 0 Å². The Morgan fingerprint density at radius 2 is 1.62 bits per heavy atom. The van der Waals surface area contributed by atoms with Gasteiger partial charge in [-0.2, -0.15) is 5.10 Å². The van der Waals surface area contributed by atoms with Crippen molar-refractivity contribution in [2.45, 2.75) is 6.92 Å². The Balaban J connectivity index is 2.05. The van der Waals surface area contributed by atoms with Crippen LogP contribution in [0, 0.1) is 0 Å². The Morgan fingerprint density at radius 1 is 1.05 bits per heavy atom. The molecule has 0 aromatic heterocycles. The van der Waals surface area contributed by atoms with Crippen LogP contribution in [0.2, 0.25) is 0 Å². The number of benzene rings is 2. The Bertz CT molecular complexity index is 649. The molecule has 0 aliphatic rings. The Kier molecular flexibility index (Phi) is 5.11. The lowest BCUT2D eigenvalue weighted by atomic mass is 10.1. The third-order valence-corrected chi connectivity index (χ3v) is 3.47. The largest absolute Gasteiger partial charge is 0.497 e. The lowest BCUT2D eigenvalue weighted by molar-refractivity contribution is 0.0955. The molecule has 4 nitrogen and oxygen atoms in total. The maximum Gasteiger partial charge on any atom is 0.271 e. The lowest BCUT2D eigenvalue weighted by Crippen LogP contribution is -2.19. The summed E-state index contributed by atoms with van der Waals surface area (Å²) >= 11 is 3.33. The molecule has 2 aromatic carbocycles. The highest BCUT2D eigenvalue weighted by Crippen LogP contribution is 2.12. The van der Waals surface area contributed by atoms with Gasteiger partial charge in [0.1, 0.15) is 5.75 Å². The molecule has 2 aromatic rings. The average Bonchev–Trinajstić information content (AvgIpc) is 2.53. The van der Waals surface area contributed by atoms with E-state index in [1.165, 1.54) is 0 Å². The minimum absolute atomic E-state index is 0.240. The highest BCUT2D eigenvalue weighted by atomic mass is 79.9. The van der Waals surface area contributed by atoms with Crippen LogP contribution >= 0.6 is 15.9 Å². The predicted molar refractivity (Wildman–Crippen MR) is 86.8 cm³/mol. The number of methoxy groups -OCH3 is 1. The van der Waals surface area contributed by atoms with E-state index in [9.17, 15) is 4.79 Å². The van der Waals surface area contributed by atoms with E-state index in [1.54, 1.807) is 19.2 Å². The summed E-state index contributed by atoms with van der Waals surface area (Å²) in [5.74, 6) is 0.542. The number of carbonyl (C=O) groups is 1. The number of carbonyl (C=O) groups excluding carboxylic acids is 1. The van der Waals surface area contributed by atoms with Crippen molar-refractivity contribution in [3.63, 3.8) is 0 Å². The first-order chi connectivity index (χ1) is 10.1. The number of amides is 1.